The van der Waals surface area contributed by atoms with Gasteiger partial charge in [0.1, 0.15) is 0 Å². The molecule has 0 atom stereocenters. The molecule has 1 aromatic carbocycles. The van der Waals surface area contributed by atoms with E-state index < -0.39 is 0 Å². The first-order valence-electron chi connectivity index (χ1n) is 6.55. The summed E-state index contributed by atoms with van der Waals surface area (Å²) in [5, 5.41) is 2.91. The molecule has 108 valence electrons. The number of nitrogens with one attached hydrogen (secondary N) is 1. The zero-order valence-corrected chi connectivity index (χ0v) is 13.4. The number of carbonyl (C=O) groups is 1. The summed E-state index contributed by atoms with van der Waals surface area (Å²) < 4.78 is 0.0922. The van der Waals surface area contributed by atoms with Crippen molar-refractivity contribution < 1.29 is 4.79 Å². The second-order valence-electron chi connectivity index (χ2n) is 5.48. The molecule has 0 saturated heterocycles. The molecule has 3 N–H and O–H groups in total. The molecule has 4 heteroatoms. The number of benzene rings is 1. The van der Waals surface area contributed by atoms with E-state index in [4.69, 9.17) is 5.73 Å². The van der Waals surface area contributed by atoms with Gasteiger partial charge < -0.3 is 11.1 Å². The standard InChI is InChI=1S/C16H22N2OS/c1-12-10-14(8-7-13(12)6-5-9-17)18-15(19)11-20-16(2,3)4/h7-8,10H,9,11,17H2,1-4H3,(H,18,19). The van der Waals surface area contributed by atoms with Crippen molar-refractivity contribution in [1.29, 1.82) is 0 Å². The first kappa shape index (κ1) is 16.6. The predicted octanol–water partition coefficient (Wildman–Crippen LogP) is 2.78. The molecule has 0 aromatic heterocycles. The number of carbonyl (C=O) groups excluding carboxylic acids is 1. The molecule has 0 aliphatic heterocycles. The van der Waals surface area contributed by atoms with Crippen LogP contribution in [0, 0.1) is 18.8 Å². The third-order valence-electron chi connectivity index (χ3n) is 2.47. The molecular formula is C16H22N2OS. The quantitative estimate of drug-likeness (QED) is 0.842. The molecule has 20 heavy (non-hydrogen) atoms. The summed E-state index contributed by atoms with van der Waals surface area (Å²) >= 11 is 1.63. The van der Waals surface area contributed by atoms with Crippen molar-refractivity contribution in [2.75, 3.05) is 17.6 Å². The smallest absolute Gasteiger partial charge is 0.234 e. The van der Waals surface area contributed by atoms with Gasteiger partial charge in [0.05, 0.1) is 12.3 Å². The van der Waals surface area contributed by atoms with Gasteiger partial charge in [-0.2, -0.15) is 0 Å². The van der Waals surface area contributed by atoms with E-state index in [-0.39, 0.29) is 10.7 Å². The van der Waals surface area contributed by atoms with E-state index in [9.17, 15) is 4.79 Å². The number of thioether (sulfide) groups is 1. The Hall–Kier alpha value is -1.44. The highest BCUT2D eigenvalue weighted by molar-refractivity contribution is 8.01. The summed E-state index contributed by atoms with van der Waals surface area (Å²) in [7, 11) is 0. The number of aryl methyl sites for hydroxylation is 1. The Balaban J connectivity index is 2.65. The predicted molar refractivity (Wildman–Crippen MR) is 88.0 cm³/mol. The fourth-order valence-electron chi connectivity index (χ4n) is 1.51. The third-order valence-corrected chi connectivity index (χ3v) is 3.74. The minimum atomic E-state index is 0.0186. The first-order chi connectivity index (χ1) is 9.31. The van der Waals surface area contributed by atoms with Crippen molar-refractivity contribution in [2.45, 2.75) is 32.4 Å². The normalized spacial score (nSPS) is 10.7. The summed E-state index contributed by atoms with van der Waals surface area (Å²) in [6, 6.07) is 5.71. The van der Waals surface area contributed by atoms with Crippen LogP contribution >= 0.6 is 11.8 Å². The van der Waals surface area contributed by atoms with Crippen LogP contribution in [0.25, 0.3) is 0 Å². The Bertz CT molecular complexity index is 536. The van der Waals surface area contributed by atoms with E-state index in [2.05, 4.69) is 37.9 Å². The van der Waals surface area contributed by atoms with Crippen LogP contribution in [0.5, 0.6) is 0 Å². The molecule has 0 unspecified atom stereocenters. The summed E-state index contributed by atoms with van der Waals surface area (Å²) in [5.41, 5.74) is 8.14. The van der Waals surface area contributed by atoms with Crippen LogP contribution in [0.15, 0.2) is 18.2 Å². The lowest BCUT2D eigenvalue weighted by Crippen LogP contribution is -2.18. The van der Waals surface area contributed by atoms with Crippen LogP contribution in [-0.2, 0) is 4.79 Å². The molecule has 1 amide bonds. The molecule has 0 heterocycles. The van der Waals surface area contributed by atoms with Crippen molar-refractivity contribution in [2.24, 2.45) is 5.73 Å². The van der Waals surface area contributed by atoms with Gasteiger partial charge in [0.15, 0.2) is 0 Å². The maximum absolute atomic E-state index is 11.9. The monoisotopic (exact) mass is 290 g/mol. The fraction of sp³-hybridized carbons (Fsp3) is 0.438. The van der Waals surface area contributed by atoms with Crippen molar-refractivity contribution in [3.63, 3.8) is 0 Å². The number of amides is 1. The Morgan fingerprint density at radius 3 is 2.65 bits per heavy atom. The lowest BCUT2D eigenvalue weighted by Gasteiger charge is -2.17. The highest BCUT2D eigenvalue weighted by atomic mass is 32.2. The summed E-state index contributed by atoms with van der Waals surface area (Å²) in [6.45, 7) is 8.61. The summed E-state index contributed by atoms with van der Waals surface area (Å²) in [6.07, 6.45) is 0. The van der Waals surface area contributed by atoms with Gasteiger partial charge in [-0.15, -0.1) is 11.8 Å². The molecule has 0 bridgehead atoms. The largest absolute Gasteiger partial charge is 0.325 e. The SMILES string of the molecule is Cc1cc(NC(=O)CSC(C)(C)C)ccc1C#CCN. The minimum absolute atomic E-state index is 0.0186. The van der Waals surface area contributed by atoms with E-state index in [0.29, 0.717) is 12.3 Å². The molecule has 0 aliphatic rings. The highest BCUT2D eigenvalue weighted by Gasteiger charge is 2.13. The van der Waals surface area contributed by atoms with E-state index >= 15 is 0 Å². The first-order valence-corrected chi connectivity index (χ1v) is 7.54. The molecule has 3 nitrogen and oxygen atoms in total. The molecule has 1 rings (SSSR count). The van der Waals surface area contributed by atoms with Gasteiger partial charge in [-0.3, -0.25) is 4.79 Å². The number of hydrogen-bond donors (Lipinski definition) is 2. The number of hydrogen-bond acceptors (Lipinski definition) is 3. The maximum atomic E-state index is 11.9. The van der Waals surface area contributed by atoms with E-state index in [1.165, 1.54) is 0 Å². The van der Waals surface area contributed by atoms with Crippen molar-refractivity contribution in [3.05, 3.63) is 29.3 Å². The maximum Gasteiger partial charge on any atom is 0.234 e. The van der Waals surface area contributed by atoms with Gasteiger partial charge in [0.2, 0.25) is 5.91 Å². The van der Waals surface area contributed by atoms with E-state index in [1.807, 2.05) is 25.1 Å². The second-order valence-corrected chi connectivity index (χ2v) is 7.29. The lowest BCUT2D eigenvalue weighted by atomic mass is 10.1. The molecule has 1 aromatic rings. The Kier molecular flexibility index (Phi) is 6.12. The zero-order valence-electron chi connectivity index (χ0n) is 12.5. The Morgan fingerprint density at radius 2 is 2.10 bits per heavy atom. The van der Waals surface area contributed by atoms with Crippen LogP contribution in [0.4, 0.5) is 5.69 Å². The number of nitrogens with two attached hydrogens (primary N) is 1. The van der Waals surface area contributed by atoms with Crippen molar-refractivity contribution in [3.8, 4) is 11.8 Å². The van der Waals surface area contributed by atoms with Crippen molar-refractivity contribution >= 4 is 23.4 Å². The Labute approximate surface area is 125 Å². The number of rotatable bonds is 3. The third kappa shape index (κ3) is 6.14. The van der Waals surface area contributed by atoms with Gasteiger partial charge in [0, 0.05) is 16.0 Å². The average Bonchev–Trinajstić information content (AvgIpc) is 2.35. The van der Waals surface area contributed by atoms with Crippen molar-refractivity contribution in [1.82, 2.24) is 0 Å². The van der Waals surface area contributed by atoms with E-state index in [0.717, 1.165) is 16.8 Å². The van der Waals surface area contributed by atoms with Gasteiger partial charge in [0.25, 0.3) is 0 Å². The van der Waals surface area contributed by atoms with Gasteiger partial charge in [-0.25, -0.2) is 0 Å². The molecule has 0 aliphatic carbocycles. The lowest BCUT2D eigenvalue weighted by molar-refractivity contribution is -0.113. The molecule has 0 radical (unpaired) electrons. The van der Waals surface area contributed by atoms with Crippen LogP contribution < -0.4 is 11.1 Å². The van der Waals surface area contributed by atoms with E-state index in [1.54, 1.807) is 11.8 Å². The van der Waals surface area contributed by atoms with Crippen LogP contribution in [0.2, 0.25) is 0 Å². The summed E-state index contributed by atoms with van der Waals surface area (Å²) in [4.78, 5) is 11.9. The van der Waals surface area contributed by atoms with Gasteiger partial charge in [-0.05, 0) is 30.7 Å². The van der Waals surface area contributed by atoms with Crippen LogP contribution in [0.3, 0.4) is 0 Å². The summed E-state index contributed by atoms with van der Waals surface area (Å²) in [5.74, 6) is 6.31. The highest BCUT2D eigenvalue weighted by Crippen LogP contribution is 2.23. The molecule has 0 fully saturated rings. The second kappa shape index (κ2) is 7.37. The van der Waals surface area contributed by atoms with Gasteiger partial charge >= 0.3 is 0 Å². The Morgan fingerprint density at radius 1 is 1.40 bits per heavy atom. The molecule has 0 saturated carbocycles. The van der Waals surface area contributed by atoms with Crippen LogP contribution in [0.1, 0.15) is 31.9 Å². The number of anilines is 1. The topological polar surface area (TPSA) is 55.1 Å². The zero-order chi connectivity index (χ0) is 15.2. The fourth-order valence-corrected chi connectivity index (χ4v) is 2.14. The van der Waals surface area contributed by atoms with Crippen LogP contribution in [-0.4, -0.2) is 23.0 Å². The van der Waals surface area contributed by atoms with Gasteiger partial charge in [-0.1, -0.05) is 32.6 Å². The molecule has 0 spiro atoms. The molecular weight excluding hydrogens is 268 g/mol. The minimum Gasteiger partial charge on any atom is -0.325 e. The average molecular weight is 290 g/mol.